The van der Waals surface area contributed by atoms with Crippen LogP contribution in [-0.2, 0) is 15.8 Å². The Balaban J connectivity index is 3.07. The number of hydrogen-bond acceptors (Lipinski definition) is 3. The first-order valence-corrected chi connectivity index (χ1v) is 7.03. The smallest absolute Gasteiger partial charge is 0.332 e. The van der Waals surface area contributed by atoms with Gasteiger partial charge in [-0.2, -0.15) is 0 Å². The molecule has 0 aromatic heterocycles. The molecule has 0 saturated heterocycles. The Morgan fingerprint density at radius 2 is 1.94 bits per heavy atom. The monoisotopic (exact) mass is 273 g/mol. The van der Waals surface area contributed by atoms with Crippen LogP contribution >= 0.6 is 7.60 Å². The molecule has 18 heavy (non-hydrogen) atoms. The van der Waals surface area contributed by atoms with Gasteiger partial charge in [0.2, 0.25) is 0 Å². The maximum absolute atomic E-state index is 11.3. The highest BCUT2D eigenvalue weighted by molar-refractivity contribution is 7.52. The number of carboxylic acid groups (broad SMARTS) is 1. The van der Waals surface area contributed by atoms with Crippen LogP contribution in [0.25, 0.3) is 0 Å². The summed E-state index contributed by atoms with van der Waals surface area (Å²) in [6, 6.07) is 5.45. The molecule has 1 aromatic carbocycles. The Morgan fingerprint density at radius 1 is 1.39 bits per heavy atom. The molecule has 7 heteroatoms. The Labute approximate surface area is 105 Å². The summed E-state index contributed by atoms with van der Waals surface area (Å²) in [4.78, 5) is 29.0. The zero-order chi connectivity index (χ0) is 13.9. The molecule has 0 amide bonds. The van der Waals surface area contributed by atoms with Crippen LogP contribution in [0.3, 0.4) is 0 Å². The van der Waals surface area contributed by atoms with E-state index in [0.717, 1.165) is 0 Å². The van der Waals surface area contributed by atoms with Gasteiger partial charge in [-0.05, 0) is 24.5 Å². The number of carboxylic acids is 1. The molecular weight excluding hydrogens is 257 g/mol. The Morgan fingerprint density at radius 3 is 2.44 bits per heavy atom. The largest absolute Gasteiger partial charge is 0.480 e. The van der Waals surface area contributed by atoms with E-state index in [-0.39, 0.29) is 6.42 Å². The first-order chi connectivity index (χ1) is 8.23. The lowest BCUT2D eigenvalue weighted by molar-refractivity contribution is -0.138. The number of aliphatic carboxylic acids is 1. The lowest BCUT2D eigenvalue weighted by atomic mass is 9.99. The standard InChI is InChI=1S/C11H16NO5P/c1-7(18(15,16)17)9-5-3-2-4-8(9)6-10(12)11(13)14/h2-5,7,10H,6,12H2,1H3,(H,13,14)(H2,15,16,17). The van der Waals surface area contributed by atoms with Crippen LogP contribution in [0, 0.1) is 0 Å². The second-order valence-corrected chi connectivity index (χ2v) is 6.07. The molecule has 0 radical (unpaired) electrons. The topological polar surface area (TPSA) is 121 Å². The van der Waals surface area contributed by atoms with Gasteiger partial charge < -0.3 is 20.6 Å². The van der Waals surface area contributed by atoms with Crippen molar-refractivity contribution in [1.82, 2.24) is 0 Å². The van der Waals surface area contributed by atoms with Gasteiger partial charge in [0.1, 0.15) is 6.04 Å². The molecule has 2 atom stereocenters. The first kappa shape index (κ1) is 14.9. The molecule has 0 heterocycles. The van der Waals surface area contributed by atoms with Crippen molar-refractivity contribution < 1.29 is 24.3 Å². The summed E-state index contributed by atoms with van der Waals surface area (Å²) >= 11 is 0. The normalized spacial score (nSPS) is 15.1. The highest BCUT2D eigenvalue weighted by Gasteiger charge is 2.28. The summed E-state index contributed by atoms with van der Waals surface area (Å²) in [7, 11) is -4.26. The fourth-order valence-electron chi connectivity index (χ4n) is 1.63. The minimum absolute atomic E-state index is 0.0375. The summed E-state index contributed by atoms with van der Waals surface area (Å²) in [5.41, 5.74) is 5.43. The van der Waals surface area contributed by atoms with Gasteiger partial charge in [-0.3, -0.25) is 9.36 Å². The number of carbonyl (C=O) groups is 1. The van der Waals surface area contributed by atoms with Crippen molar-refractivity contribution in [3.8, 4) is 0 Å². The molecule has 0 spiro atoms. The van der Waals surface area contributed by atoms with Crippen molar-refractivity contribution in [3.05, 3.63) is 35.4 Å². The van der Waals surface area contributed by atoms with Crippen molar-refractivity contribution in [3.63, 3.8) is 0 Å². The molecule has 0 aliphatic carbocycles. The SMILES string of the molecule is CC(c1ccccc1CC(N)C(=O)O)P(=O)(O)O. The number of rotatable bonds is 5. The zero-order valence-electron chi connectivity index (χ0n) is 9.85. The first-order valence-electron chi connectivity index (χ1n) is 5.35. The van der Waals surface area contributed by atoms with E-state index in [9.17, 15) is 19.1 Å². The zero-order valence-corrected chi connectivity index (χ0v) is 10.7. The summed E-state index contributed by atoms with van der Waals surface area (Å²) in [6.45, 7) is 1.41. The van der Waals surface area contributed by atoms with Crippen molar-refractivity contribution in [2.75, 3.05) is 0 Å². The molecular formula is C11H16NO5P. The molecule has 0 fully saturated rings. The third kappa shape index (κ3) is 3.65. The maximum Gasteiger partial charge on any atom is 0.332 e. The van der Waals surface area contributed by atoms with Crippen LogP contribution in [0.15, 0.2) is 24.3 Å². The highest BCUT2D eigenvalue weighted by Crippen LogP contribution is 2.52. The minimum Gasteiger partial charge on any atom is -0.480 e. The molecule has 1 rings (SSSR count). The van der Waals surface area contributed by atoms with Gasteiger partial charge in [0.25, 0.3) is 0 Å². The molecule has 0 aliphatic rings. The average Bonchev–Trinajstić information content (AvgIpc) is 2.27. The van der Waals surface area contributed by atoms with E-state index in [2.05, 4.69) is 0 Å². The van der Waals surface area contributed by atoms with Crippen LogP contribution in [0.2, 0.25) is 0 Å². The molecule has 100 valence electrons. The van der Waals surface area contributed by atoms with Gasteiger partial charge in [-0.25, -0.2) is 0 Å². The van der Waals surface area contributed by atoms with Gasteiger partial charge in [0, 0.05) is 0 Å². The van der Waals surface area contributed by atoms with Crippen molar-refractivity contribution >= 4 is 13.6 Å². The summed E-state index contributed by atoms with van der Waals surface area (Å²) in [6.07, 6.45) is 0.0375. The summed E-state index contributed by atoms with van der Waals surface area (Å²) in [5, 5.41) is 8.75. The molecule has 0 saturated carbocycles. The Kier molecular flexibility index (Phi) is 4.65. The van der Waals surface area contributed by atoms with Crippen LogP contribution in [0.1, 0.15) is 23.7 Å². The van der Waals surface area contributed by atoms with Crippen LogP contribution in [0.5, 0.6) is 0 Å². The number of nitrogens with two attached hydrogens (primary N) is 1. The fourth-order valence-corrected chi connectivity index (χ4v) is 2.25. The predicted molar refractivity (Wildman–Crippen MR) is 66.2 cm³/mol. The van der Waals surface area contributed by atoms with E-state index >= 15 is 0 Å². The van der Waals surface area contributed by atoms with E-state index < -0.39 is 25.3 Å². The third-order valence-electron chi connectivity index (χ3n) is 2.77. The predicted octanol–water partition coefficient (Wildman–Crippen LogP) is 0.880. The molecule has 0 bridgehead atoms. The molecule has 1 aromatic rings. The fraction of sp³-hybridized carbons (Fsp3) is 0.364. The molecule has 2 unspecified atom stereocenters. The van der Waals surface area contributed by atoms with Crippen molar-refractivity contribution in [2.45, 2.75) is 25.0 Å². The Hall–Kier alpha value is -1.20. The van der Waals surface area contributed by atoms with E-state index in [0.29, 0.717) is 11.1 Å². The molecule has 0 aliphatic heterocycles. The lowest BCUT2D eigenvalue weighted by Crippen LogP contribution is -2.32. The van der Waals surface area contributed by atoms with Gasteiger partial charge in [-0.15, -0.1) is 0 Å². The van der Waals surface area contributed by atoms with E-state index in [1.54, 1.807) is 24.3 Å². The highest BCUT2D eigenvalue weighted by atomic mass is 31.2. The second-order valence-electron chi connectivity index (χ2n) is 4.11. The summed E-state index contributed by atoms with van der Waals surface area (Å²) in [5.74, 6) is -1.14. The quantitative estimate of drug-likeness (QED) is 0.591. The van der Waals surface area contributed by atoms with Gasteiger partial charge >= 0.3 is 13.6 Å². The number of benzene rings is 1. The maximum atomic E-state index is 11.3. The van der Waals surface area contributed by atoms with E-state index in [1.165, 1.54) is 6.92 Å². The van der Waals surface area contributed by atoms with Gasteiger partial charge in [-0.1, -0.05) is 24.3 Å². The van der Waals surface area contributed by atoms with Gasteiger partial charge in [0.05, 0.1) is 5.66 Å². The van der Waals surface area contributed by atoms with Crippen molar-refractivity contribution in [2.24, 2.45) is 5.73 Å². The number of hydrogen-bond donors (Lipinski definition) is 4. The van der Waals surface area contributed by atoms with Crippen molar-refractivity contribution in [1.29, 1.82) is 0 Å². The summed E-state index contributed by atoms with van der Waals surface area (Å²) < 4.78 is 11.3. The second kappa shape index (κ2) is 5.63. The third-order valence-corrected chi connectivity index (χ3v) is 4.05. The van der Waals surface area contributed by atoms with E-state index in [4.69, 9.17) is 10.8 Å². The van der Waals surface area contributed by atoms with Crippen LogP contribution in [-0.4, -0.2) is 26.9 Å². The van der Waals surface area contributed by atoms with E-state index in [1.807, 2.05) is 0 Å². The molecule has 5 N–H and O–H groups in total. The van der Waals surface area contributed by atoms with Crippen LogP contribution in [0.4, 0.5) is 0 Å². The lowest BCUT2D eigenvalue weighted by Gasteiger charge is -2.18. The molecule has 6 nitrogen and oxygen atoms in total. The van der Waals surface area contributed by atoms with Gasteiger partial charge in [0.15, 0.2) is 0 Å². The Bertz CT molecular complexity index is 484. The minimum atomic E-state index is -4.26. The average molecular weight is 273 g/mol. The van der Waals surface area contributed by atoms with Crippen LogP contribution < -0.4 is 5.73 Å².